The fraction of sp³-hybridized carbons (Fsp3) is 0.320. The largest absolute Gasteiger partial charge is 0.497 e. The number of amides is 2. The van der Waals surface area contributed by atoms with E-state index in [-0.39, 0.29) is 17.7 Å². The number of ether oxygens (including phenoxy) is 2. The molecular weight excluding hydrogens is 438 g/mol. The Bertz CT molecular complexity index is 1200. The monoisotopic (exact) mass is 463 g/mol. The van der Waals surface area contributed by atoms with Gasteiger partial charge in [-0.1, -0.05) is 24.3 Å². The van der Waals surface area contributed by atoms with Crippen molar-refractivity contribution in [1.82, 2.24) is 9.88 Å². The van der Waals surface area contributed by atoms with Gasteiger partial charge < -0.3 is 14.4 Å². The number of benzene rings is 2. The number of nitrogens with zero attached hydrogens (tertiary/aromatic N) is 2. The van der Waals surface area contributed by atoms with E-state index in [1.165, 1.54) is 22.5 Å². The lowest BCUT2D eigenvalue weighted by atomic mass is 9.97. The summed E-state index contributed by atoms with van der Waals surface area (Å²) in [5.41, 5.74) is 3.76. The van der Waals surface area contributed by atoms with Crippen molar-refractivity contribution in [2.75, 3.05) is 26.1 Å². The molecule has 2 aliphatic rings. The van der Waals surface area contributed by atoms with E-state index in [9.17, 15) is 9.59 Å². The van der Waals surface area contributed by atoms with Crippen LogP contribution >= 0.6 is 11.3 Å². The summed E-state index contributed by atoms with van der Waals surface area (Å²) in [4.78, 5) is 33.8. The first-order valence-corrected chi connectivity index (χ1v) is 11.8. The van der Waals surface area contributed by atoms with E-state index in [2.05, 4.69) is 22.4 Å². The minimum absolute atomic E-state index is 0.129. The van der Waals surface area contributed by atoms with E-state index < -0.39 is 0 Å². The van der Waals surface area contributed by atoms with Crippen LogP contribution in [-0.2, 0) is 24.2 Å². The van der Waals surface area contributed by atoms with Crippen LogP contribution in [0.1, 0.15) is 44.4 Å². The van der Waals surface area contributed by atoms with Crippen LogP contribution in [0.5, 0.6) is 11.5 Å². The molecule has 2 amide bonds. The first-order chi connectivity index (χ1) is 16.1. The second-order valence-electron chi connectivity index (χ2n) is 8.25. The Kier molecular flexibility index (Phi) is 5.76. The molecule has 1 aliphatic heterocycles. The van der Waals surface area contributed by atoms with Crippen molar-refractivity contribution in [3.8, 4) is 11.5 Å². The lowest BCUT2D eigenvalue weighted by Gasteiger charge is -2.30. The van der Waals surface area contributed by atoms with Crippen LogP contribution in [0.2, 0.25) is 0 Å². The quantitative estimate of drug-likeness (QED) is 0.618. The van der Waals surface area contributed by atoms with E-state index >= 15 is 0 Å². The smallest absolute Gasteiger partial charge is 0.257 e. The van der Waals surface area contributed by atoms with Crippen LogP contribution in [0.3, 0.4) is 0 Å². The predicted molar refractivity (Wildman–Crippen MR) is 126 cm³/mol. The van der Waals surface area contributed by atoms with Crippen LogP contribution < -0.4 is 14.8 Å². The van der Waals surface area contributed by atoms with Gasteiger partial charge in [-0.25, -0.2) is 4.98 Å². The maximum Gasteiger partial charge on any atom is 0.257 e. The van der Waals surface area contributed by atoms with Gasteiger partial charge in [0.1, 0.15) is 11.5 Å². The first-order valence-electron chi connectivity index (χ1n) is 11.0. The lowest BCUT2D eigenvalue weighted by molar-refractivity contribution is -0.133. The molecule has 0 saturated heterocycles. The Hall–Kier alpha value is -3.39. The van der Waals surface area contributed by atoms with E-state index in [4.69, 9.17) is 9.47 Å². The second kappa shape index (κ2) is 8.86. The number of hydrogen-bond donors (Lipinski definition) is 1. The number of hydrogen-bond acceptors (Lipinski definition) is 6. The number of carbonyl (C=O) groups is 2. The summed E-state index contributed by atoms with van der Waals surface area (Å²) in [5, 5.41) is 3.38. The minimum Gasteiger partial charge on any atom is -0.497 e. The predicted octanol–water partition coefficient (Wildman–Crippen LogP) is 4.03. The topological polar surface area (TPSA) is 80.8 Å². The molecule has 170 valence electrons. The van der Waals surface area contributed by atoms with Crippen LogP contribution in [0.25, 0.3) is 0 Å². The van der Waals surface area contributed by atoms with Crippen molar-refractivity contribution in [2.24, 2.45) is 0 Å². The Labute approximate surface area is 196 Å². The number of thiazole rings is 1. The molecule has 7 nitrogen and oxygen atoms in total. The maximum atomic E-state index is 13.3. The highest BCUT2D eigenvalue weighted by atomic mass is 32.1. The number of carbonyl (C=O) groups excluding carboxylic acids is 2. The first kappa shape index (κ1) is 21.5. The molecule has 0 radical (unpaired) electrons. The number of aromatic nitrogens is 1. The van der Waals surface area contributed by atoms with Gasteiger partial charge in [0, 0.05) is 29.6 Å². The third kappa shape index (κ3) is 4.18. The van der Waals surface area contributed by atoms with Crippen LogP contribution in [0, 0.1) is 0 Å². The molecule has 1 aromatic heterocycles. The van der Waals surface area contributed by atoms with Gasteiger partial charge in [-0.05, 0) is 42.5 Å². The molecule has 1 unspecified atom stereocenters. The molecule has 1 N–H and O–H groups in total. The Balaban J connectivity index is 1.31. The van der Waals surface area contributed by atoms with E-state index in [1.807, 2.05) is 17.0 Å². The second-order valence-corrected chi connectivity index (χ2v) is 9.34. The molecule has 0 fully saturated rings. The molecular formula is C25H25N3O4S. The van der Waals surface area contributed by atoms with Gasteiger partial charge in [0.2, 0.25) is 5.91 Å². The Morgan fingerprint density at radius 1 is 1.06 bits per heavy atom. The van der Waals surface area contributed by atoms with Crippen molar-refractivity contribution < 1.29 is 19.1 Å². The van der Waals surface area contributed by atoms with Gasteiger partial charge in [0.25, 0.3) is 5.91 Å². The van der Waals surface area contributed by atoms with Crippen LogP contribution in [0.4, 0.5) is 5.13 Å². The average molecular weight is 464 g/mol. The molecule has 3 aromatic rings. The van der Waals surface area contributed by atoms with Gasteiger partial charge >= 0.3 is 0 Å². The number of methoxy groups -OCH3 is 2. The third-order valence-corrected chi connectivity index (χ3v) is 7.34. The summed E-state index contributed by atoms with van der Waals surface area (Å²) in [6.45, 7) is 1.37. The molecule has 0 saturated carbocycles. The number of rotatable bonds is 5. The summed E-state index contributed by atoms with van der Waals surface area (Å²) < 4.78 is 10.5. The molecule has 0 bridgehead atoms. The summed E-state index contributed by atoms with van der Waals surface area (Å²) in [6, 6.07) is 13.3. The molecule has 1 atom stereocenters. The molecule has 2 heterocycles. The maximum absolute atomic E-state index is 13.3. The molecule has 2 aromatic carbocycles. The van der Waals surface area contributed by atoms with Crippen molar-refractivity contribution in [2.45, 2.75) is 31.7 Å². The standard InChI is InChI=1S/C25H25N3O4S/c1-31-18-11-17(12-19(13-18)32-2)23(29)27-25-26-22-20(7-8-21(22)33-25)24(30)28-10-9-15-5-3-4-6-16(15)14-28/h3-6,11-13,20H,7-10,14H2,1-2H3,(H,26,27,29). The minimum atomic E-state index is -0.296. The number of aryl methyl sites for hydroxylation is 1. The van der Waals surface area contributed by atoms with Gasteiger partial charge in [0.15, 0.2) is 5.13 Å². The van der Waals surface area contributed by atoms with Crippen molar-refractivity contribution in [3.63, 3.8) is 0 Å². The molecule has 0 spiro atoms. The average Bonchev–Trinajstić information content (AvgIpc) is 3.43. The molecule has 8 heteroatoms. The third-order valence-electron chi connectivity index (χ3n) is 6.29. The van der Waals surface area contributed by atoms with Crippen LogP contribution in [0.15, 0.2) is 42.5 Å². The molecule has 1 aliphatic carbocycles. The fourth-order valence-electron chi connectivity index (χ4n) is 4.53. The highest BCUT2D eigenvalue weighted by Crippen LogP contribution is 2.40. The number of fused-ring (bicyclic) bond motifs is 2. The van der Waals surface area contributed by atoms with Crippen molar-refractivity contribution in [3.05, 3.63) is 69.7 Å². The number of nitrogens with one attached hydrogen (secondary N) is 1. The zero-order valence-corrected chi connectivity index (χ0v) is 19.4. The van der Waals surface area contributed by atoms with Gasteiger partial charge in [-0.2, -0.15) is 0 Å². The van der Waals surface area contributed by atoms with Crippen molar-refractivity contribution in [1.29, 1.82) is 0 Å². The zero-order valence-electron chi connectivity index (χ0n) is 18.6. The molecule has 5 rings (SSSR count). The number of anilines is 1. The van der Waals surface area contributed by atoms with Gasteiger partial charge in [-0.15, -0.1) is 11.3 Å². The van der Waals surface area contributed by atoms with Crippen molar-refractivity contribution >= 4 is 28.3 Å². The Morgan fingerprint density at radius 3 is 2.52 bits per heavy atom. The highest BCUT2D eigenvalue weighted by Gasteiger charge is 2.36. The van der Waals surface area contributed by atoms with Gasteiger partial charge in [0.05, 0.1) is 25.8 Å². The summed E-state index contributed by atoms with van der Waals surface area (Å²) in [5.74, 6) is 0.660. The van der Waals surface area contributed by atoms with E-state index in [0.717, 1.165) is 36.4 Å². The zero-order chi connectivity index (χ0) is 22.9. The van der Waals surface area contributed by atoms with E-state index in [0.29, 0.717) is 28.7 Å². The summed E-state index contributed by atoms with van der Waals surface area (Å²) in [7, 11) is 3.08. The normalized spacial score (nSPS) is 16.7. The van der Waals surface area contributed by atoms with Gasteiger partial charge in [-0.3, -0.25) is 14.9 Å². The summed E-state index contributed by atoms with van der Waals surface area (Å²) >= 11 is 1.44. The van der Waals surface area contributed by atoms with E-state index in [1.54, 1.807) is 32.4 Å². The van der Waals surface area contributed by atoms with Crippen LogP contribution in [-0.4, -0.2) is 42.5 Å². The summed E-state index contributed by atoms with van der Waals surface area (Å²) in [6.07, 6.45) is 2.45. The molecule has 33 heavy (non-hydrogen) atoms. The fourth-order valence-corrected chi connectivity index (χ4v) is 5.57. The lowest BCUT2D eigenvalue weighted by Crippen LogP contribution is -2.38. The highest BCUT2D eigenvalue weighted by molar-refractivity contribution is 7.16. The SMILES string of the molecule is COc1cc(OC)cc(C(=O)Nc2nc3c(s2)CCC3C(=O)N2CCc3ccccc3C2)c1. The Morgan fingerprint density at radius 2 is 1.79 bits per heavy atom.